The fourth-order valence-corrected chi connectivity index (χ4v) is 1.82. The van der Waals surface area contributed by atoms with Gasteiger partial charge in [0, 0.05) is 0 Å². The number of ether oxygens (including phenoxy) is 1. The lowest BCUT2D eigenvalue weighted by molar-refractivity contribution is -0.186. The normalized spacial score (nSPS) is 14.7. The van der Waals surface area contributed by atoms with Crippen molar-refractivity contribution in [2.45, 2.75) is 45.2 Å². The molecule has 0 fully saturated rings. The molecule has 0 aromatic heterocycles. The van der Waals surface area contributed by atoms with Crippen molar-refractivity contribution in [3.63, 3.8) is 0 Å². The zero-order valence-electron chi connectivity index (χ0n) is 11.9. The molecule has 1 aromatic rings. The standard InChI is InChI=1S/C15H19F3O2/c1-4-10-20-13(19)11-6-8-12(9-7-11)14(3,5-2)15(16,17)18/h6-9H,4-5,10H2,1-3H3. The first-order valence-corrected chi connectivity index (χ1v) is 6.60. The van der Waals surface area contributed by atoms with Gasteiger partial charge in [0.1, 0.15) is 0 Å². The zero-order chi connectivity index (χ0) is 15.4. The predicted molar refractivity (Wildman–Crippen MR) is 70.7 cm³/mol. The number of carbonyl (C=O) groups is 1. The molecular formula is C15H19F3O2. The predicted octanol–water partition coefficient (Wildman–Crippen LogP) is 4.48. The number of rotatable bonds is 5. The molecule has 2 nitrogen and oxygen atoms in total. The van der Waals surface area contributed by atoms with Gasteiger partial charge in [-0.25, -0.2) is 4.79 Å². The van der Waals surface area contributed by atoms with Crippen LogP contribution in [0.3, 0.4) is 0 Å². The summed E-state index contributed by atoms with van der Waals surface area (Å²) in [5, 5.41) is 0. The summed E-state index contributed by atoms with van der Waals surface area (Å²) in [4.78, 5) is 11.6. The van der Waals surface area contributed by atoms with Crippen molar-refractivity contribution in [3.05, 3.63) is 35.4 Å². The Morgan fingerprint density at radius 3 is 2.10 bits per heavy atom. The molecule has 0 aliphatic heterocycles. The first-order valence-electron chi connectivity index (χ1n) is 6.60. The molecule has 1 aromatic carbocycles. The van der Waals surface area contributed by atoms with E-state index in [9.17, 15) is 18.0 Å². The van der Waals surface area contributed by atoms with Crippen molar-refractivity contribution < 1.29 is 22.7 Å². The van der Waals surface area contributed by atoms with Crippen LogP contribution in [0, 0.1) is 0 Å². The van der Waals surface area contributed by atoms with Gasteiger partial charge in [-0.2, -0.15) is 13.2 Å². The molecule has 20 heavy (non-hydrogen) atoms. The Labute approximate surface area is 116 Å². The molecule has 0 spiro atoms. The molecule has 0 bridgehead atoms. The lowest BCUT2D eigenvalue weighted by Gasteiger charge is -2.31. The maximum Gasteiger partial charge on any atom is 0.398 e. The van der Waals surface area contributed by atoms with Gasteiger partial charge < -0.3 is 4.74 Å². The molecular weight excluding hydrogens is 269 g/mol. The molecule has 0 amide bonds. The Hall–Kier alpha value is -1.52. The number of carbonyl (C=O) groups excluding carboxylic acids is 1. The van der Waals surface area contributed by atoms with Gasteiger partial charge in [0.15, 0.2) is 0 Å². The minimum Gasteiger partial charge on any atom is -0.462 e. The first-order chi connectivity index (χ1) is 9.26. The molecule has 1 unspecified atom stereocenters. The van der Waals surface area contributed by atoms with E-state index in [1.54, 1.807) is 0 Å². The van der Waals surface area contributed by atoms with Gasteiger partial charge in [-0.05, 0) is 37.5 Å². The molecule has 1 rings (SSSR count). The number of halogens is 3. The Balaban J connectivity index is 2.98. The average molecular weight is 288 g/mol. The van der Waals surface area contributed by atoms with E-state index in [1.165, 1.54) is 31.2 Å². The fraction of sp³-hybridized carbons (Fsp3) is 0.533. The highest BCUT2D eigenvalue weighted by atomic mass is 19.4. The van der Waals surface area contributed by atoms with Crippen molar-refractivity contribution >= 4 is 5.97 Å². The molecule has 112 valence electrons. The highest BCUT2D eigenvalue weighted by Gasteiger charge is 2.50. The van der Waals surface area contributed by atoms with E-state index in [1.807, 2.05) is 6.92 Å². The Morgan fingerprint density at radius 1 is 1.15 bits per heavy atom. The van der Waals surface area contributed by atoms with E-state index in [-0.39, 0.29) is 17.5 Å². The largest absolute Gasteiger partial charge is 0.462 e. The van der Waals surface area contributed by atoms with Crippen LogP contribution in [0.15, 0.2) is 24.3 Å². The lowest BCUT2D eigenvalue weighted by Crippen LogP contribution is -2.38. The Kier molecular flexibility index (Phi) is 5.20. The van der Waals surface area contributed by atoms with Crippen LogP contribution in [-0.2, 0) is 10.2 Å². The van der Waals surface area contributed by atoms with Gasteiger partial charge in [-0.15, -0.1) is 0 Å². The van der Waals surface area contributed by atoms with Crippen LogP contribution in [-0.4, -0.2) is 18.8 Å². The van der Waals surface area contributed by atoms with Crippen molar-refractivity contribution in [1.29, 1.82) is 0 Å². The van der Waals surface area contributed by atoms with Gasteiger partial charge in [0.2, 0.25) is 0 Å². The maximum absolute atomic E-state index is 13.1. The first kappa shape index (κ1) is 16.5. The van der Waals surface area contributed by atoms with E-state index in [4.69, 9.17) is 4.74 Å². The topological polar surface area (TPSA) is 26.3 Å². The van der Waals surface area contributed by atoms with Gasteiger partial charge in [-0.3, -0.25) is 0 Å². The molecule has 1 atom stereocenters. The maximum atomic E-state index is 13.1. The number of hydrogen-bond donors (Lipinski definition) is 0. The number of benzene rings is 1. The third kappa shape index (κ3) is 3.32. The van der Waals surface area contributed by atoms with Crippen LogP contribution in [0.1, 0.15) is 49.5 Å². The summed E-state index contributed by atoms with van der Waals surface area (Å²) in [6, 6.07) is 5.46. The van der Waals surface area contributed by atoms with Crippen molar-refractivity contribution in [2.75, 3.05) is 6.61 Å². The molecule has 0 aliphatic rings. The number of esters is 1. The van der Waals surface area contributed by atoms with Gasteiger partial charge in [-0.1, -0.05) is 26.0 Å². The van der Waals surface area contributed by atoms with Crippen LogP contribution in [0.4, 0.5) is 13.2 Å². The lowest BCUT2D eigenvalue weighted by atomic mass is 9.79. The molecule has 5 heteroatoms. The molecule has 0 saturated carbocycles. The monoisotopic (exact) mass is 288 g/mol. The third-order valence-corrected chi connectivity index (χ3v) is 3.53. The summed E-state index contributed by atoms with van der Waals surface area (Å²) in [5.41, 5.74) is -1.49. The highest BCUT2D eigenvalue weighted by molar-refractivity contribution is 5.89. The van der Waals surface area contributed by atoms with Gasteiger partial charge >= 0.3 is 12.1 Å². The highest BCUT2D eigenvalue weighted by Crippen LogP contribution is 2.43. The summed E-state index contributed by atoms with van der Waals surface area (Å²) >= 11 is 0. The summed E-state index contributed by atoms with van der Waals surface area (Å²) in [6.45, 7) is 4.83. The van der Waals surface area contributed by atoms with E-state index in [2.05, 4.69) is 0 Å². The molecule has 0 heterocycles. The van der Waals surface area contributed by atoms with E-state index >= 15 is 0 Å². The molecule has 0 saturated heterocycles. The van der Waals surface area contributed by atoms with Crippen molar-refractivity contribution in [2.24, 2.45) is 0 Å². The minimum atomic E-state index is -4.33. The SMILES string of the molecule is CCCOC(=O)c1ccc(C(C)(CC)C(F)(F)F)cc1. The van der Waals surface area contributed by atoms with Crippen molar-refractivity contribution in [1.82, 2.24) is 0 Å². The minimum absolute atomic E-state index is 0.0594. The fourth-order valence-electron chi connectivity index (χ4n) is 1.82. The van der Waals surface area contributed by atoms with Crippen LogP contribution >= 0.6 is 0 Å². The smallest absolute Gasteiger partial charge is 0.398 e. The summed E-state index contributed by atoms with van der Waals surface area (Å²) in [7, 11) is 0. The average Bonchev–Trinajstić information content (AvgIpc) is 2.42. The second-order valence-corrected chi connectivity index (χ2v) is 4.90. The second kappa shape index (κ2) is 6.29. The van der Waals surface area contributed by atoms with Crippen molar-refractivity contribution in [3.8, 4) is 0 Å². The third-order valence-electron chi connectivity index (χ3n) is 3.53. The van der Waals surface area contributed by atoms with Gasteiger partial charge in [0.25, 0.3) is 0 Å². The zero-order valence-corrected chi connectivity index (χ0v) is 11.9. The van der Waals surface area contributed by atoms with Crippen LogP contribution < -0.4 is 0 Å². The van der Waals surface area contributed by atoms with Crippen LogP contribution in [0.25, 0.3) is 0 Å². The second-order valence-electron chi connectivity index (χ2n) is 4.90. The Bertz CT molecular complexity index is 451. The quantitative estimate of drug-likeness (QED) is 0.746. The molecule has 0 radical (unpaired) electrons. The number of hydrogen-bond acceptors (Lipinski definition) is 2. The number of alkyl halides is 3. The Morgan fingerprint density at radius 2 is 1.70 bits per heavy atom. The summed E-state index contributed by atoms with van der Waals surface area (Å²) < 4.78 is 44.3. The van der Waals surface area contributed by atoms with Crippen LogP contribution in [0.2, 0.25) is 0 Å². The van der Waals surface area contributed by atoms with E-state index in [0.29, 0.717) is 13.0 Å². The molecule has 0 N–H and O–H groups in total. The van der Waals surface area contributed by atoms with E-state index in [0.717, 1.165) is 6.92 Å². The van der Waals surface area contributed by atoms with E-state index < -0.39 is 17.6 Å². The van der Waals surface area contributed by atoms with Crippen LogP contribution in [0.5, 0.6) is 0 Å². The molecule has 0 aliphatic carbocycles. The van der Waals surface area contributed by atoms with Gasteiger partial charge in [0.05, 0.1) is 17.6 Å². The summed E-state index contributed by atoms with van der Waals surface area (Å²) in [5.74, 6) is -0.511. The summed E-state index contributed by atoms with van der Waals surface area (Å²) in [6.07, 6.45) is -3.69.